The highest BCUT2D eigenvalue weighted by atomic mass is 16.7. The van der Waals surface area contributed by atoms with Crippen LogP contribution in [0.25, 0.3) is 0 Å². The van der Waals surface area contributed by atoms with E-state index in [0.29, 0.717) is 6.61 Å². The van der Waals surface area contributed by atoms with Gasteiger partial charge in [-0.25, -0.2) is 0 Å². The molecule has 0 amide bonds. The van der Waals surface area contributed by atoms with Crippen molar-refractivity contribution >= 4 is 0 Å². The molecule has 0 saturated carbocycles. The molecule has 0 aromatic heterocycles. The van der Waals surface area contributed by atoms with Crippen molar-refractivity contribution in [2.24, 2.45) is 0 Å². The minimum atomic E-state index is -1.01. The van der Waals surface area contributed by atoms with Crippen molar-refractivity contribution in [1.29, 1.82) is 0 Å². The van der Waals surface area contributed by atoms with Crippen molar-refractivity contribution in [2.75, 3.05) is 35.0 Å². The molecule has 1 fully saturated rings. The first kappa shape index (κ1) is 13.8. The van der Waals surface area contributed by atoms with Crippen LogP contribution in [0.2, 0.25) is 0 Å². The van der Waals surface area contributed by atoms with Gasteiger partial charge in [0.05, 0.1) is 6.61 Å². The molecule has 16 heavy (non-hydrogen) atoms. The van der Waals surface area contributed by atoms with Crippen molar-refractivity contribution in [3.63, 3.8) is 0 Å². The zero-order chi connectivity index (χ0) is 12.1. The van der Waals surface area contributed by atoms with Crippen molar-refractivity contribution in [3.05, 3.63) is 0 Å². The van der Waals surface area contributed by atoms with Gasteiger partial charge in [0.1, 0.15) is 24.4 Å². The molecular formula is C10H20O6. The van der Waals surface area contributed by atoms with E-state index in [9.17, 15) is 5.11 Å². The number of hydrogen-bond donors (Lipinski definition) is 1. The van der Waals surface area contributed by atoms with Crippen LogP contribution in [0, 0.1) is 0 Å². The summed E-state index contributed by atoms with van der Waals surface area (Å²) < 4.78 is 26.1. The van der Waals surface area contributed by atoms with Crippen molar-refractivity contribution in [2.45, 2.75) is 30.7 Å². The summed E-state index contributed by atoms with van der Waals surface area (Å²) in [5.74, 6) is 0. The molecule has 0 aliphatic carbocycles. The summed E-state index contributed by atoms with van der Waals surface area (Å²) in [6, 6.07) is 0. The summed E-state index contributed by atoms with van der Waals surface area (Å²) in [4.78, 5) is 0. The van der Waals surface area contributed by atoms with Crippen LogP contribution in [0.4, 0.5) is 0 Å². The van der Waals surface area contributed by atoms with Crippen molar-refractivity contribution in [1.82, 2.24) is 0 Å². The molecule has 0 aromatic rings. The highest BCUT2D eigenvalue weighted by Crippen LogP contribution is 2.27. The predicted molar refractivity (Wildman–Crippen MR) is 55.1 cm³/mol. The summed E-state index contributed by atoms with van der Waals surface area (Å²) >= 11 is 0. The lowest BCUT2D eigenvalue weighted by molar-refractivity contribution is -0.160. The quantitative estimate of drug-likeness (QED) is 0.664. The fourth-order valence-corrected chi connectivity index (χ4v) is 1.94. The number of hydrogen-bond acceptors (Lipinski definition) is 6. The Morgan fingerprint density at radius 2 is 1.75 bits per heavy atom. The van der Waals surface area contributed by atoms with Gasteiger partial charge in [0.15, 0.2) is 6.29 Å². The van der Waals surface area contributed by atoms with Crippen LogP contribution in [0.3, 0.4) is 0 Å². The number of rotatable bonds is 6. The summed E-state index contributed by atoms with van der Waals surface area (Å²) in [7, 11) is 6.19. The van der Waals surface area contributed by atoms with E-state index >= 15 is 0 Å². The molecule has 0 aromatic carbocycles. The summed E-state index contributed by atoms with van der Waals surface area (Å²) in [6.45, 7) is 0.365. The zero-order valence-electron chi connectivity index (χ0n) is 10.1. The fourth-order valence-electron chi connectivity index (χ4n) is 1.94. The maximum Gasteiger partial charge on any atom is 0.184 e. The molecule has 1 N–H and O–H groups in total. The number of aliphatic hydroxyl groups is 1. The van der Waals surface area contributed by atoms with E-state index in [1.165, 1.54) is 7.11 Å². The zero-order valence-corrected chi connectivity index (χ0v) is 10.1. The summed E-state index contributed by atoms with van der Waals surface area (Å²) in [5, 5.41) is 9.65. The Labute approximate surface area is 95.4 Å². The first-order valence-corrected chi connectivity index (χ1v) is 5.10. The summed E-state index contributed by atoms with van der Waals surface area (Å²) in [5.41, 5.74) is 0. The molecule has 0 unspecified atom stereocenters. The second-order valence-electron chi connectivity index (χ2n) is 3.62. The summed E-state index contributed by atoms with van der Waals surface area (Å²) in [6.07, 6.45) is -2.60. The predicted octanol–water partition coefficient (Wildman–Crippen LogP) is -0.605. The molecule has 96 valence electrons. The van der Waals surface area contributed by atoms with E-state index in [-0.39, 0.29) is 12.2 Å². The van der Waals surface area contributed by atoms with Crippen molar-refractivity contribution in [3.8, 4) is 0 Å². The third-order valence-corrected chi connectivity index (χ3v) is 2.77. The Morgan fingerprint density at radius 3 is 2.19 bits per heavy atom. The average Bonchev–Trinajstić information content (AvgIpc) is 2.61. The molecule has 0 spiro atoms. The minimum Gasteiger partial charge on any atom is -0.382 e. The minimum absolute atomic E-state index is 0.301. The molecule has 1 rings (SSSR count). The van der Waals surface area contributed by atoms with Gasteiger partial charge < -0.3 is 28.8 Å². The van der Waals surface area contributed by atoms with Crippen LogP contribution in [0.15, 0.2) is 0 Å². The number of ether oxygens (including phenoxy) is 5. The monoisotopic (exact) mass is 236 g/mol. The molecule has 6 nitrogen and oxygen atoms in total. The SMILES string of the molecule is COC[C@@H](OC)[C@H]1O[C@H](O)[C@H](OC)[C@@H]1OC. The molecule has 5 atom stereocenters. The maximum absolute atomic E-state index is 9.65. The van der Waals surface area contributed by atoms with Gasteiger partial charge in [0, 0.05) is 28.4 Å². The van der Waals surface area contributed by atoms with Gasteiger partial charge in [-0.3, -0.25) is 0 Å². The first-order chi connectivity index (χ1) is 7.69. The average molecular weight is 236 g/mol. The third-order valence-electron chi connectivity index (χ3n) is 2.77. The van der Waals surface area contributed by atoms with Crippen LogP contribution >= 0.6 is 0 Å². The van der Waals surface area contributed by atoms with Crippen LogP contribution in [-0.4, -0.2) is 70.9 Å². The highest BCUT2D eigenvalue weighted by Gasteiger charge is 2.48. The topological polar surface area (TPSA) is 66.4 Å². The number of aliphatic hydroxyl groups excluding tert-OH is 1. The Hall–Kier alpha value is -0.240. The molecule has 1 aliphatic heterocycles. The van der Waals surface area contributed by atoms with Gasteiger partial charge in [-0.1, -0.05) is 0 Å². The molecule has 0 radical (unpaired) electrons. The van der Waals surface area contributed by atoms with Crippen LogP contribution in [0.5, 0.6) is 0 Å². The lowest BCUT2D eigenvalue weighted by Gasteiger charge is -2.26. The lowest BCUT2D eigenvalue weighted by atomic mass is 10.1. The van der Waals surface area contributed by atoms with Crippen LogP contribution in [0.1, 0.15) is 0 Å². The van der Waals surface area contributed by atoms with Gasteiger partial charge in [0.2, 0.25) is 0 Å². The van der Waals surface area contributed by atoms with E-state index in [1.54, 1.807) is 21.3 Å². The Balaban J connectivity index is 2.71. The standard InChI is InChI=1S/C10H20O6/c1-12-5-6(13-2)7-8(14-3)9(15-4)10(11)16-7/h6-11H,5H2,1-4H3/t6-,7-,8-,9-,10+/m1/s1. The van der Waals surface area contributed by atoms with E-state index < -0.39 is 18.5 Å². The fraction of sp³-hybridized carbons (Fsp3) is 1.00. The Bertz CT molecular complexity index is 200. The molecule has 0 bridgehead atoms. The van der Waals surface area contributed by atoms with Crippen molar-refractivity contribution < 1.29 is 28.8 Å². The molecule has 1 saturated heterocycles. The first-order valence-electron chi connectivity index (χ1n) is 5.10. The van der Waals surface area contributed by atoms with Gasteiger partial charge in [0.25, 0.3) is 0 Å². The van der Waals surface area contributed by atoms with Gasteiger partial charge >= 0.3 is 0 Å². The second kappa shape index (κ2) is 6.48. The largest absolute Gasteiger partial charge is 0.382 e. The smallest absolute Gasteiger partial charge is 0.184 e. The van der Waals surface area contributed by atoms with E-state index in [2.05, 4.69) is 0 Å². The van der Waals surface area contributed by atoms with E-state index in [0.717, 1.165) is 0 Å². The number of methoxy groups -OCH3 is 4. The normalized spacial score (nSPS) is 36.6. The van der Waals surface area contributed by atoms with Gasteiger partial charge in [-0.15, -0.1) is 0 Å². The third kappa shape index (κ3) is 2.71. The van der Waals surface area contributed by atoms with Gasteiger partial charge in [-0.2, -0.15) is 0 Å². The van der Waals surface area contributed by atoms with Crippen LogP contribution < -0.4 is 0 Å². The van der Waals surface area contributed by atoms with Gasteiger partial charge in [-0.05, 0) is 0 Å². The lowest BCUT2D eigenvalue weighted by Crippen LogP contribution is -2.43. The van der Waals surface area contributed by atoms with E-state index in [4.69, 9.17) is 23.7 Å². The van der Waals surface area contributed by atoms with Crippen LogP contribution in [-0.2, 0) is 23.7 Å². The molecule has 1 heterocycles. The second-order valence-corrected chi connectivity index (χ2v) is 3.62. The Kier molecular flexibility index (Phi) is 5.60. The maximum atomic E-state index is 9.65. The molecule has 1 aliphatic rings. The molecule has 6 heteroatoms. The highest BCUT2D eigenvalue weighted by molar-refractivity contribution is 4.92. The molecular weight excluding hydrogens is 216 g/mol. The van der Waals surface area contributed by atoms with E-state index in [1.807, 2.05) is 0 Å². The Morgan fingerprint density at radius 1 is 1.12 bits per heavy atom.